The summed E-state index contributed by atoms with van der Waals surface area (Å²) in [6.07, 6.45) is 0. The standard InChI is InChI=1S/C66H47N/c1-66(53-23-6-3-7-24-53)61-31-16-14-30-60(61)65-62(66)32-18-34-64(65)67(54-43-41-48(42-44-54)47-35-37-49(38-36-47)52-40-39-46-19-8-9-22-51(46)45-52)63-33-17-15-29-59(63)58-28-13-12-27-57(58)56-26-11-10-25-55(56)50-20-4-2-5-21-50/h2-45H,1H3. The summed E-state index contributed by atoms with van der Waals surface area (Å²) in [7, 11) is 0. The summed E-state index contributed by atoms with van der Waals surface area (Å²) in [5.41, 5.74) is 21.4. The SMILES string of the molecule is CC1(c2ccccc2)c2ccccc2-c2c(N(c3ccc(-c4ccc(-c5ccc6ccccc6c5)cc4)cc3)c3ccccc3-c3ccccc3-c3ccccc3-c3ccccc3)cccc21. The number of fused-ring (bicyclic) bond motifs is 4. The van der Waals surface area contributed by atoms with Gasteiger partial charge in [0.1, 0.15) is 0 Å². The fourth-order valence-electron chi connectivity index (χ4n) is 10.7. The van der Waals surface area contributed by atoms with Crippen LogP contribution >= 0.6 is 0 Å². The van der Waals surface area contributed by atoms with Crippen LogP contribution in [0.25, 0.3) is 77.5 Å². The number of hydrogen-bond donors (Lipinski definition) is 0. The van der Waals surface area contributed by atoms with Gasteiger partial charge in [-0.3, -0.25) is 0 Å². The highest BCUT2D eigenvalue weighted by Gasteiger charge is 2.42. The molecule has 0 aromatic heterocycles. The normalized spacial score (nSPS) is 13.8. The van der Waals surface area contributed by atoms with Crippen molar-refractivity contribution in [2.24, 2.45) is 0 Å². The first-order valence-electron chi connectivity index (χ1n) is 23.3. The third kappa shape index (κ3) is 6.96. The lowest BCUT2D eigenvalue weighted by atomic mass is 9.74. The molecule has 1 atom stereocenters. The van der Waals surface area contributed by atoms with E-state index in [4.69, 9.17) is 0 Å². The maximum Gasteiger partial charge on any atom is 0.0543 e. The lowest BCUT2D eigenvalue weighted by Gasteiger charge is -2.32. The maximum atomic E-state index is 2.51. The van der Waals surface area contributed by atoms with Crippen molar-refractivity contribution < 1.29 is 0 Å². The van der Waals surface area contributed by atoms with Crippen molar-refractivity contribution in [1.82, 2.24) is 0 Å². The highest BCUT2D eigenvalue weighted by Crippen LogP contribution is 2.57. The summed E-state index contributed by atoms with van der Waals surface area (Å²) >= 11 is 0. The van der Waals surface area contributed by atoms with E-state index in [0.717, 1.165) is 22.6 Å². The molecular weight excluding hydrogens is 807 g/mol. The fraction of sp³-hybridized carbons (Fsp3) is 0.0303. The molecule has 0 heterocycles. The predicted octanol–water partition coefficient (Wildman–Crippen LogP) is 18.0. The Labute approximate surface area is 393 Å². The highest BCUT2D eigenvalue weighted by molar-refractivity contribution is 6.01. The van der Waals surface area contributed by atoms with Gasteiger partial charge in [-0.25, -0.2) is 0 Å². The second kappa shape index (κ2) is 16.8. The van der Waals surface area contributed by atoms with E-state index in [1.54, 1.807) is 0 Å². The summed E-state index contributed by atoms with van der Waals surface area (Å²) in [6, 6.07) is 97.8. The van der Waals surface area contributed by atoms with Gasteiger partial charge in [0.05, 0.1) is 11.4 Å². The molecule has 0 saturated heterocycles. The Kier molecular flexibility index (Phi) is 10.0. The van der Waals surface area contributed by atoms with Crippen molar-refractivity contribution in [3.05, 3.63) is 284 Å². The zero-order chi connectivity index (χ0) is 44.7. The van der Waals surface area contributed by atoms with Gasteiger partial charge in [-0.05, 0) is 120 Å². The van der Waals surface area contributed by atoms with E-state index in [2.05, 4.69) is 279 Å². The van der Waals surface area contributed by atoms with E-state index < -0.39 is 0 Å². The minimum atomic E-state index is -0.342. The van der Waals surface area contributed by atoms with Crippen LogP contribution in [0, 0.1) is 0 Å². The summed E-state index contributed by atoms with van der Waals surface area (Å²) in [5.74, 6) is 0. The first kappa shape index (κ1) is 40.0. The summed E-state index contributed by atoms with van der Waals surface area (Å²) in [4.78, 5) is 2.51. The number of rotatable bonds is 9. The van der Waals surface area contributed by atoms with Crippen LogP contribution in [0.1, 0.15) is 23.6 Å². The van der Waals surface area contributed by atoms with Crippen molar-refractivity contribution in [1.29, 1.82) is 0 Å². The molecule has 11 aromatic carbocycles. The number of para-hydroxylation sites is 1. The molecule has 12 rings (SSSR count). The average Bonchev–Trinajstić information content (AvgIpc) is 3.68. The smallest absolute Gasteiger partial charge is 0.0543 e. The quantitative estimate of drug-likeness (QED) is 0.140. The van der Waals surface area contributed by atoms with E-state index in [1.807, 2.05) is 0 Å². The first-order valence-corrected chi connectivity index (χ1v) is 23.3. The van der Waals surface area contributed by atoms with Crippen molar-refractivity contribution in [2.75, 3.05) is 4.90 Å². The van der Waals surface area contributed by atoms with Crippen LogP contribution in [0.3, 0.4) is 0 Å². The van der Waals surface area contributed by atoms with Gasteiger partial charge in [-0.15, -0.1) is 0 Å². The van der Waals surface area contributed by atoms with Crippen molar-refractivity contribution in [3.8, 4) is 66.8 Å². The van der Waals surface area contributed by atoms with Crippen LogP contribution in [0.15, 0.2) is 267 Å². The van der Waals surface area contributed by atoms with Gasteiger partial charge < -0.3 is 4.90 Å². The van der Waals surface area contributed by atoms with E-state index in [0.29, 0.717) is 0 Å². The molecule has 1 aliphatic carbocycles. The van der Waals surface area contributed by atoms with Crippen LogP contribution < -0.4 is 4.90 Å². The van der Waals surface area contributed by atoms with Crippen LogP contribution in [0.4, 0.5) is 17.1 Å². The Morgan fingerprint density at radius 1 is 0.284 bits per heavy atom. The molecule has 1 nitrogen and oxygen atoms in total. The largest absolute Gasteiger partial charge is 0.309 e. The number of benzene rings is 11. The molecule has 0 aliphatic heterocycles. The molecule has 1 unspecified atom stereocenters. The van der Waals surface area contributed by atoms with E-state index in [-0.39, 0.29) is 5.41 Å². The van der Waals surface area contributed by atoms with Gasteiger partial charge in [-0.1, -0.05) is 237 Å². The highest BCUT2D eigenvalue weighted by atomic mass is 15.1. The Morgan fingerprint density at radius 3 is 1.45 bits per heavy atom. The predicted molar refractivity (Wildman–Crippen MR) is 283 cm³/mol. The van der Waals surface area contributed by atoms with Crippen molar-refractivity contribution in [3.63, 3.8) is 0 Å². The summed E-state index contributed by atoms with van der Waals surface area (Å²) in [5, 5.41) is 2.51. The Morgan fingerprint density at radius 2 is 0.746 bits per heavy atom. The molecular formula is C66H47N. The molecule has 0 fully saturated rings. The maximum absolute atomic E-state index is 2.51. The van der Waals surface area contributed by atoms with E-state index >= 15 is 0 Å². The summed E-state index contributed by atoms with van der Waals surface area (Å²) in [6.45, 7) is 2.40. The van der Waals surface area contributed by atoms with Crippen LogP contribution in [-0.2, 0) is 5.41 Å². The van der Waals surface area contributed by atoms with Crippen molar-refractivity contribution in [2.45, 2.75) is 12.3 Å². The third-order valence-electron chi connectivity index (χ3n) is 14.0. The van der Waals surface area contributed by atoms with Crippen LogP contribution in [0.5, 0.6) is 0 Å². The Bertz CT molecular complexity index is 3570. The van der Waals surface area contributed by atoms with Gasteiger partial charge in [0.25, 0.3) is 0 Å². The lowest BCUT2D eigenvalue weighted by Crippen LogP contribution is -2.22. The van der Waals surface area contributed by atoms with Gasteiger partial charge >= 0.3 is 0 Å². The minimum absolute atomic E-state index is 0.342. The van der Waals surface area contributed by atoms with Crippen LogP contribution in [0.2, 0.25) is 0 Å². The molecule has 0 amide bonds. The third-order valence-corrected chi connectivity index (χ3v) is 14.0. The van der Waals surface area contributed by atoms with Crippen molar-refractivity contribution >= 4 is 27.8 Å². The van der Waals surface area contributed by atoms with E-state index in [9.17, 15) is 0 Å². The van der Waals surface area contributed by atoms with Crippen LogP contribution in [-0.4, -0.2) is 0 Å². The topological polar surface area (TPSA) is 3.24 Å². The number of hydrogen-bond acceptors (Lipinski definition) is 1. The molecule has 1 aliphatic rings. The lowest BCUT2D eigenvalue weighted by molar-refractivity contribution is 0.714. The van der Waals surface area contributed by atoms with Gasteiger partial charge in [-0.2, -0.15) is 0 Å². The van der Waals surface area contributed by atoms with E-state index in [1.165, 1.54) is 88.7 Å². The zero-order valence-electron chi connectivity index (χ0n) is 37.4. The molecule has 316 valence electrons. The molecule has 0 spiro atoms. The minimum Gasteiger partial charge on any atom is -0.309 e. The Balaban J connectivity index is 1.03. The number of nitrogens with zero attached hydrogens (tertiary/aromatic N) is 1. The molecule has 1 heteroatoms. The fourth-order valence-corrected chi connectivity index (χ4v) is 10.7. The first-order chi connectivity index (χ1) is 33.1. The molecule has 0 radical (unpaired) electrons. The molecule has 11 aromatic rings. The summed E-state index contributed by atoms with van der Waals surface area (Å²) < 4.78 is 0. The number of anilines is 3. The second-order valence-electron chi connectivity index (χ2n) is 17.7. The molecule has 0 saturated carbocycles. The Hall–Kier alpha value is -8.52. The second-order valence-corrected chi connectivity index (χ2v) is 17.7. The van der Waals surface area contributed by atoms with Gasteiger partial charge in [0.2, 0.25) is 0 Å². The average molecular weight is 854 g/mol. The van der Waals surface area contributed by atoms with Gasteiger partial charge in [0, 0.05) is 22.2 Å². The van der Waals surface area contributed by atoms with Gasteiger partial charge in [0.15, 0.2) is 0 Å². The molecule has 0 N–H and O–H groups in total. The zero-order valence-corrected chi connectivity index (χ0v) is 37.4. The molecule has 0 bridgehead atoms. The molecule has 67 heavy (non-hydrogen) atoms. The monoisotopic (exact) mass is 853 g/mol.